The lowest BCUT2D eigenvalue weighted by atomic mass is 9.63. The minimum absolute atomic E-state index is 0.0194. The Balaban J connectivity index is 1.46. The van der Waals surface area contributed by atoms with Crippen molar-refractivity contribution < 1.29 is 19.4 Å². The molecule has 0 radical (unpaired) electrons. The van der Waals surface area contributed by atoms with Crippen LogP contribution in [0.4, 0.5) is 0 Å². The Labute approximate surface area is 158 Å². The smallest absolute Gasteiger partial charge is 0.254 e. The van der Waals surface area contributed by atoms with Crippen molar-refractivity contribution in [2.45, 2.75) is 6.42 Å². The van der Waals surface area contributed by atoms with Gasteiger partial charge in [-0.15, -0.1) is 0 Å². The fourth-order valence-corrected chi connectivity index (χ4v) is 5.44. The van der Waals surface area contributed by atoms with Gasteiger partial charge in [0.2, 0.25) is 0 Å². The van der Waals surface area contributed by atoms with Gasteiger partial charge in [-0.1, -0.05) is 12.2 Å². The summed E-state index contributed by atoms with van der Waals surface area (Å²) < 4.78 is 5.63. The first-order valence-electron chi connectivity index (χ1n) is 8.68. The van der Waals surface area contributed by atoms with Gasteiger partial charge >= 0.3 is 0 Å². The first kappa shape index (κ1) is 16.1. The summed E-state index contributed by atoms with van der Waals surface area (Å²) in [4.78, 5) is 25.7. The van der Waals surface area contributed by atoms with Gasteiger partial charge in [0.25, 0.3) is 11.8 Å². The summed E-state index contributed by atoms with van der Waals surface area (Å²) in [6, 6.07) is 3.23. The van der Waals surface area contributed by atoms with Gasteiger partial charge in [-0.3, -0.25) is 9.59 Å². The molecule has 6 nitrogen and oxygen atoms in total. The summed E-state index contributed by atoms with van der Waals surface area (Å²) in [6.45, 7) is 0. The molecule has 2 bridgehead atoms. The molecule has 4 aliphatic carbocycles. The van der Waals surface area contributed by atoms with Crippen molar-refractivity contribution >= 4 is 34.0 Å². The number of phenols is 1. The highest BCUT2D eigenvalue weighted by Gasteiger charge is 2.67. The van der Waals surface area contributed by atoms with Crippen LogP contribution in [0.25, 0.3) is 0 Å². The molecule has 26 heavy (non-hydrogen) atoms. The van der Waals surface area contributed by atoms with E-state index in [2.05, 4.69) is 33.2 Å². The van der Waals surface area contributed by atoms with Crippen molar-refractivity contribution in [2.24, 2.45) is 40.6 Å². The second-order valence-electron chi connectivity index (χ2n) is 7.43. The van der Waals surface area contributed by atoms with Crippen LogP contribution in [0.1, 0.15) is 12.0 Å². The molecule has 5 aliphatic rings. The molecule has 1 heterocycles. The number of hydrazone groups is 1. The monoisotopic (exact) mass is 416 g/mol. The second-order valence-corrected chi connectivity index (χ2v) is 8.29. The molecule has 6 rings (SSSR count). The van der Waals surface area contributed by atoms with Gasteiger partial charge < -0.3 is 9.84 Å². The molecule has 0 unspecified atom stereocenters. The Hall–Kier alpha value is -2.15. The van der Waals surface area contributed by atoms with E-state index in [-0.39, 0.29) is 41.2 Å². The van der Waals surface area contributed by atoms with Crippen molar-refractivity contribution in [3.8, 4) is 11.5 Å². The largest absolute Gasteiger partial charge is 0.506 e. The first-order valence-corrected chi connectivity index (χ1v) is 9.47. The summed E-state index contributed by atoms with van der Waals surface area (Å²) in [6.07, 6.45) is 6.73. The maximum atomic E-state index is 12.9. The zero-order valence-corrected chi connectivity index (χ0v) is 15.6. The van der Waals surface area contributed by atoms with Crippen LogP contribution in [0.2, 0.25) is 0 Å². The number of halogens is 1. The highest BCUT2D eigenvalue weighted by molar-refractivity contribution is 9.10. The Morgan fingerprint density at radius 1 is 1.19 bits per heavy atom. The number of rotatable bonds is 3. The second kappa shape index (κ2) is 5.42. The van der Waals surface area contributed by atoms with Crippen LogP contribution in [0.15, 0.2) is 33.9 Å². The fourth-order valence-electron chi connectivity index (χ4n) is 4.99. The number of imide groups is 1. The molecule has 1 aliphatic heterocycles. The number of amides is 2. The van der Waals surface area contributed by atoms with Crippen molar-refractivity contribution in [3.05, 3.63) is 34.3 Å². The van der Waals surface area contributed by atoms with Crippen LogP contribution in [0.5, 0.6) is 11.5 Å². The third kappa shape index (κ3) is 2.06. The number of carbonyl (C=O) groups is 2. The third-order valence-corrected chi connectivity index (χ3v) is 6.86. The van der Waals surface area contributed by atoms with Crippen molar-refractivity contribution in [1.82, 2.24) is 5.01 Å². The number of carbonyl (C=O) groups excluding carboxylic acids is 2. The van der Waals surface area contributed by atoms with E-state index in [1.54, 1.807) is 12.1 Å². The molecule has 2 saturated carbocycles. The molecule has 1 saturated heterocycles. The lowest BCUT2D eigenvalue weighted by Crippen LogP contribution is -2.40. The standard InChI is InChI=1S/C19H17BrN2O4/c1-26-9-4-8(17(23)14(20)5-9)7-21-22-18(24)15-10-2-3-11(13-6-12(10)13)16(15)19(22)25/h2-5,7,10-13,15-16,23H,6H2,1H3/b21-7-/t10-,11-,12-,13-,15+,16+/m0/s1. The normalized spacial score (nSPS) is 36.6. The predicted octanol–water partition coefficient (Wildman–Crippen LogP) is 2.55. The fraction of sp³-hybridized carbons (Fsp3) is 0.421. The Bertz CT molecular complexity index is 860. The zero-order chi connectivity index (χ0) is 18.2. The highest BCUT2D eigenvalue weighted by atomic mass is 79.9. The van der Waals surface area contributed by atoms with Gasteiger partial charge in [-0.05, 0) is 58.2 Å². The number of benzene rings is 1. The number of aromatic hydroxyl groups is 1. The zero-order valence-electron chi connectivity index (χ0n) is 14.0. The topological polar surface area (TPSA) is 79.2 Å². The minimum atomic E-state index is -0.274. The Kier molecular flexibility index (Phi) is 3.35. The van der Waals surface area contributed by atoms with E-state index in [9.17, 15) is 14.7 Å². The van der Waals surface area contributed by atoms with E-state index in [0.29, 0.717) is 27.6 Å². The number of hydrogen-bond acceptors (Lipinski definition) is 5. The van der Waals surface area contributed by atoms with Gasteiger partial charge in [0, 0.05) is 5.56 Å². The van der Waals surface area contributed by atoms with Crippen molar-refractivity contribution in [2.75, 3.05) is 7.11 Å². The number of allylic oxidation sites excluding steroid dienone is 2. The molecule has 7 heteroatoms. The summed E-state index contributed by atoms with van der Waals surface area (Å²) in [5.41, 5.74) is 0.371. The minimum Gasteiger partial charge on any atom is -0.506 e. The lowest BCUT2D eigenvalue weighted by molar-refractivity contribution is -0.140. The first-order chi connectivity index (χ1) is 12.5. The van der Waals surface area contributed by atoms with Gasteiger partial charge in [0.1, 0.15) is 11.5 Å². The summed E-state index contributed by atoms with van der Waals surface area (Å²) in [5, 5.41) is 15.3. The predicted molar refractivity (Wildman–Crippen MR) is 96.5 cm³/mol. The van der Waals surface area contributed by atoms with Crippen LogP contribution in [0.3, 0.4) is 0 Å². The quantitative estimate of drug-likeness (QED) is 0.466. The van der Waals surface area contributed by atoms with Gasteiger partial charge in [0.05, 0.1) is 29.6 Å². The van der Waals surface area contributed by atoms with Gasteiger partial charge in [-0.25, -0.2) is 0 Å². The maximum absolute atomic E-state index is 12.9. The summed E-state index contributed by atoms with van der Waals surface area (Å²) >= 11 is 3.25. The van der Waals surface area contributed by atoms with Crippen LogP contribution >= 0.6 is 15.9 Å². The molecular formula is C19H17BrN2O4. The SMILES string of the molecule is COc1cc(Br)c(O)c(/C=N\N2C(=O)[C@@H]3[C@H]4C=C[C@@H]([C@@H]5C[C@@H]45)[C@H]3C2=O)c1. The van der Waals surface area contributed by atoms with E-state index in [1.807, 2.05) is 0 Å². The summed E-state index contributed by atoms with van der Waals surface area (Å²) in [7, 11) is 1.52. The molecule has 2 amide bonds. The lowest BCUT2D eigenvalue weighted by Gasteiger charge is -2.37. The highest BCUT2D eigenvalue weighted by Crippen LogP contribution is 2.65. The molecule has 1 aromatic rings. The molecule has 1 N–H and O–H groups in total. The van der Waals surface area contributed by atoms with Crippen LogP contribution in [0, 0.1) is 35.5 Å². The molecule has 3 fully saturated rings. The molecule has 1 aromatic carbocycles. The third-order valence-electron chi connectivity index (χ3n) is 6.25. The number of nitrogens with zero attached hydrogens (tertiary/aromatic N) is 2. The molecule has 6 atom stereocenters. The average Bonchev–Trinajstić information content (AvgIpc) is 3.42. The van der Waals surface area contributed by atoms with Crippen LogP contribution in [-0.2, 0) is 9.59 Å². The maximum Gasteiger partial charge on any atom is 0.254 e. The van der Waals surface area contributed by atoms with E-state index in [1.165, 1.54) is 13.3 Å². The van der Waals surface area contributed by atoms with Gasteiger partial charge in [-0.2, -0.15) is 10.1 Å². The van der Waals surface area contributed by atoms with Crippen LogP contribution in [-0.4, -0.2) is 35.3 Å². The molecule has 0 spiro atoms. The Morgan fingerprint density at radius 3 is 2.38 bits per heavy atom. The Morgan fingerprint density at radius 2 is 1.81 bits per heavy atom. The number of methoxy groups -OCH3 is 1. The summed E-state index contributed by atoms with van der Waals surface area (Å²) in [5.74, 6) is 0.991. The molecule has 134 valence electrons. The van der Waals surface area contributed by atoms with Crippen molar-refractivity contribution in [1.29, 1.82) is 0 Å². The average molecular weight is 417 g/mol. The number of ether oxygens (including phenoxy) is 1. The molecular weight excluding hydrogens is 400 g/mol. The number of hydrogen-bond donors (Lipinski definition) is 1. The van der Waals surface area contributed by atoms with E-state index >= 15 is 0 Å². The van der Waals surface area contributed by atoms with Crippen molar-refractivity contribution in [3.63, 3.8) is 0 Å². The van der Waals surface area contributed by atoms with Crippen LogP contribution < -0.4 is 4.74 Å². The molecule has 0 aromatic heterocycles. The van der Waals surface area contributed by atoms with E-state index in [4.69, 9.17) is 4.74 Å². The van der Waals surface area contributed by atoms with E-state index < -0.39 is 0 Å². The number of phenolic OH excluding ortho intramolecular Hbond substituents is 1. The van der Waals surface area contributed by atoms with E-state index in [0.717, 1.165) is 11.4 Å². The van der Waals surface area contributed by atoms with Gasteiger partial charge in [0.15, 0.2) is 0 Å².